The van der Waals surface area contributed by atoms with Gasteiger partial charge >= 0.3 is 0 Å². The third-order valence-electron chi connectivity index (χ3n) is 5.83. The molecule has 6 heteroatoms. The van der Waals surface area contributed by atoms with Crippen LogP contribution in [-0.2, 0) is 16.0 Å². The lowest BCUT2D eigenvalue weighted by Crippen LogP contribution is -2.51. The van der Waals surface area contributed by atoms with E-state index in [0.29, 0.717) is 18.9 Å². The number of piperidine rings is 2. The van der Waals surface area contributed by atoms with Crippen molar-refractivity contribution in [2.75, 3.05) is 26.2 Å². The van der Waals surface area contributed by atoms with Crippen LogP contribution < -0.4 is 5.73 Å². The van der Waals surface area contributed by atoms with E-state index in [1.165, 1.54) is 0 Å². The van der Waals surface area contributed by atoms with Crippen molar-refractivity contribution in [3.63, 3.8) is 0 Å². The van der Waals surface area contributed by atoms with Crippen molar-refractivity contribution in [3.05, 3.63) is 35.9 Å². The second-order valence-corrected chi connectivity index (χ2v) is 7.89. The zero-order chi connectivity index (χ0) is 18.5. The van der Waals surface area contributed by atoms with E-state index in [1.807, 2.05) is 47.1 Å². The van der Waals surface area contributed by atoms with E-state index in [-0.39, 0.29) is 36.2 Å². The predicted molar refractivity (Wildman–Crippen MR) is 110 cm³/mol. The van der Waals surface area contributed by atoms with Crippen molar-refractivity contribution in [2.45, 2.75) is 45.1 Å². The molecule has 3 unspecified atom stereocenters. The highest BCUT2D eigenvalue weighted by Crippen LogP contribution is 2.24. The number of halogens is 1. The SMILES string of the molecule is CC(N)C1CCCN(C(=O)C2CCCN(C(=O)Cc3ccccc3)C2)C1.Cl. The second-order valence-electron chi connectivity index (χ2n) is 7.89. The Bertz CT molecular complexity index is 623. The van der Waals surface area contributed by atoms with Gasteiger partial charge in [-0.15, -0.1) is 12.4 Å². The Labute approximate surface area is 168 Å². The van der Waals surface area contributed by atoms with Gasteiger partial charge in [-0.2, -0.15) is 0 Å². The van der Waals surface area contributed by atoms with E-state index in [9.17, 15) is 9.59 Å². The second kappa shape index (κ2) is 10.1. The Morgan fingerprint density at radius 2 is 1.74 bits per heavy atom. The number of amides is 2. The van der Waals surface area contributed by atoms with E-state index in [2.05, 4.69) is 0 Å². The van der Waals surface area contributed by atoms with Crippen molar-refractivity contribution < 1.29 is 9.59 Å². The van der Waals surface area contributed by atoms with Crippen molar-refractivity contribution >= 4 is 24.2 Å². The van der Waals surface area contributed by atoms with Gasteiger partial charge in [0.1, 0.15) is 0 Å². The van der Waals surface area contributed by atoms with Gasteiger partial charge in [-0.3, -0.25) is 9.59 Å². The first-order valence-corrected chi connectivity index (χ1v) is 9.90. The summed E-state index contributed by atoms with van der Waals surface area (Å²) in [5.41, 5.74) is 7.08. The zero-order valence-electron chi connectivity index (χ0n) is 16.2. The van der Waals surface area contributed by atoms with Crippen LogP contribution in [0.5, 0.6) is 0 Å². The van der Waals surface area contributed by atoms with Crippen LogP contribution in [0.25, 0.3) is 0 Å². The summed E-state index contributed by atoms with van der Waals surface area (Å²) in [7, 11) is 0. The van der Waals surface area contributed by atoms with Crippen LogP contribution in [-0.4, -0.2) is 53.8 Å². The topological polar surface area (TPSA) is 66.6 Å². The maximum Gasteiger partial charge on any atom is 0.227 e. The smallest absolute Gasteiger partial charge is 0.227 e. The van der Waals surface area contributed by atoms with Gasteiger partial charge in [0, 0.05) is 32.2 Å². The highest BCUT2D eigenvalue weighted by Gasteiger charge is 2.33. The summed E-state index contributed by atoms with van der Waals surface area (Å²) >= 11 is 0. The molecule has 150 valence electrons. The molecule has 2 N–H and O–H groups in total. The minimum absolute atomic E-state index is 0. The van der Waals surface area contributed by atoms with Crippen molar-refractivity contribution in [3.8, 4) is 0 Å². The van der Waals surface area contributed by atoms with Crippen LogP contribution in [0, 0.1) is 11.8 Å². The maximum absolute atomic E-state index is 13.0. The first-order valence-electron chi connectivity index (χ1n) is 9.90. The highest BCUT2D eigenvalue weighted by molar-refractivity contribution is 5.85. The number of hydrogen-bond donors (Lipinski definition) is 1. The molecule has 3 rings (SSSR count). The number of nitrogens with zero attached hydrogens (tertiary/aromatic N) is 2. The fourth-order valence-electron chi connectivity index (χ4n) is 4.19. The third kappa shape index (κ3) is 5.69. The molecule has 0 bridgehead atoms. The third-order valence-corrected chi connectivity index (χ3v) is 5.83. The molecule has 27 heavy (non-hydrogen) atoms. The van der Waals surface area contributed by atoms with Crippen molar-refractivity contribution in [1.82, 2.24) is 9.80 Å². The lowest BCUT2D eigenvalue weighted by molar-refractivity contribution is -0.142. The molecule has 2 heterocycles. The summed E-state index contributed by atoms with van der Waals surface area (Å²) in [4.78, 5) is 29.5. The van der Waals surface area contributed by atoms with Gasteiger partial charge < -0.3 is 15.5 Å². The first kappa shape index (κ1) is 21.7. The molecular weight excluding hydrogens is 362 g/mol. The number of carbonyl (C=O) groups excluding carboxylic acids is 2. The normalized spacial score (nSPS) is 24.1. The molecule has 0 radical (unpaired) electrons. The van der Waals surface area contributed by atoms with Gasteiger partial charge in [0.15, 0.2) is 0 Å². The molecule has 2 saturated heterocycles. The Morgan fingerprint density at radius 1 is 1.07 bits per heavy atom. The molecule has 2 aliphatic rings. The maximum atomic E-state index is 13.0. The lowest BCUT2D eigenvalue weighted by atomic mass is 9.90. The highest BCUT2D eigenvalue weighted by atomic mass is 35.5. The summed E-state index contributed by atoms with van der Waals surface area (Å²) in [5, 5.41) is 0. The minimum atomic E-state index is -0.0599. The Hall–Kier alpha value is -1.59. The molecule has 0 aliphatic carbocycles. The van der Waals surface area contributed by atoms with Gasteiger partial charge in [-0.25, -0.2) is 0 Å². The average molecular weight is 394 g/mol. The molecule has 1 aromatic rings. The summed E-state index contributed by atoms with van der Waals surface area (Å²) in [5.74, 6) is 0.677. The molecule has 2 fully saturated rings. The van der Waals surface area contributed by atoms with E-state index in [0.717, 1.165) is 50.9 Å². The molecule has 0 spiro atoms. The van der Waals surface area contributed by atoms with Crippen LogP contribution in [0.3, 0.4) is 0 Å². The fourth-order valence-corrected chi connectivity index (χ4v) is 4.19. The van der Waals surface area contributed by atoms with Gasteiger partial charge in [-0.05, 0) is 44.1 Å². The summed E-state index contributed by atoms with van der Waals surface area (Å²) < 4.78 is 0. The zero-order valence-corrected chi connectivity index (χ0v) is 17.0. The Morgan fingerprint density at radius 3 is 2.44 bits per heavy atom. The van der Waals surface area contributed by atoms with Crippen molar-refractivity contribution in [2.24, 2.45) is 17.6 Å². The molecule has 2 aliphatic heterocycles. The van der Waals surface area contributed by atoms with Crippen LogP contribution in [0.4, 0.5) is 0 Å². The van der Waals surface area contributed by atoms with E-state index >= 15 is 0 Å². The van der Waals surface area contributed by atoms with E-state index in [4.69, 9.17) is 5.73 Å². The predicted octanol–water partition coefficient (Wildman–Crippen LogP) is 2.48. The molecule has 0 aromatic heterocycles. The largest absolute Gasteiger partial charge is 0.342 e. The minimum Gasteiger partial charge on any atom is -0.342 e. The fraction of sp³-hybridized carbons (Fsp3) is 0.619. The summed E-state index contributed by atoms with van der Waals surface area (Å²) in [6, 6.07) is 9.95. The molecular formula is C21H32ClN3O2. The monoisotopic (exact) mass is 393 g/mol. The van der Waals surface area contributed by atoms with Gasteiger partial charge in [0.2, 0.25) is 11.8 Å². The molecule has 3 atom stereocenters. The Balaban J connectivity index is 0.00000261. The van der Waals surface area contributed by atoms with E-state index in [1.54, 1.807) is 0 Å². The van der Waals surface area contributed by atoms with Crippen LogP contribution in [0.15, 0.2) is 30.3 Å². The Kier molecular flexibility index (Phi) is 8.11. The van der Waals surface area contributed by atoms with E-state index < -0.39 is 0 Å². The first-order chi connectivity index (χ1) is 12.5. The standard InChI is InChI=1S/C21H31N3O2.ClH/c1-16(22)18-9-5-12-24(14-18)21(26)19-10-6-11-23(15-19)20(25)13-17-7-3-2-4-8-17;/h2-4,7-8,16,18-19H,5-6,9-15,22H2,1H3;1H. The van der Waals surface area contributed by atoms with Crippen LogP contribution in [0.2, 0.25) is 0 Å². The number of likely N-dealkylation sites (tertiary alicyclic amines) is 2. The number of hydrogen-bond acceptors (Lipinski definition) is 3. The quantitative estimate of drug-likeness (QED) is 0.854. The molecule has 2 amide bonds. The molecule has 0 saturated carbocycles. The van der Waals surface area contributed by atoms with Crippen LogP contribution in [0.1, 0.15) is 38.2 Å². The van der Waals surface area contributed by atoms with Gasteiger partial charge in [0.25, 0.3) is 0 Å². The number of benzene rings is 1. The number of carbonyl (C=O) groups is 2. The summed E-state index contributed by atoms with van der Waals surface area (Å²) in [6.45, 7) is 4.95. The number of nitrogens with two attached hydrogens (primary N) is 1. The van der Waals surface area contributed by atoms with Crippen LogP contribution >= 0.6 is 12.4 Å². The molecule has 5 nitrogen and oxygen atoms in total. The average Bonchev–Trinajstić information content (AvgIpc) is 2.68. The van der Waals surface area contributed by atoms with Gasteiger partial charge in [0.05, 0.1) is 12.3 Å². The number of rotatable bonds is 4. The summed E-state index contributed by atoms with van der Waals surface area (Å²) in [6.07, 6.45) is 4.34. The lowest BCUT2D eigenvalue weighted by Gasteiger charge is -2.39. The van der Waals surface area contributed by atoms with Gasteiger partial charge in [-0.1, -0.05) is 30.3 Å². The van der Waals surface area contributed by atoms with Crippen molar-refractivity contribution in [1.29, 1.82) is 0 Å². The molecule has 1 aromatic carbocycles.